The molecule has 1 aromatic rings. The summed E-state index contributed by atoms with van der Waals surface area (Å²) in [4.78, 5) is 2.33. The van der Waals surface area contributed by atoms with Gasteiger partial charge in [0.05, 0.1) is 0 Å². The molecule has 1 nitrogen and oxygen atoms in total. The van der Waals surface area contributed by atoms with Crippen molar-refractivity contribution in [1.29, 1.82) is 0 Å². The van der Waals surface area contributed by atoms with Gasteiger partial charge in [0.2, 0.25) is 0 Å². The standard InChI is InChI=1S/C14H20BrN/c1-16(2)11-14(8-3-4-9-14)12-6-5-7-13(15)10-12/h5-7,10H,3-4,8-9,11H2,1-2H3. The third-order valence-electron chi connectivity index (χ3n) is 3.62. The predicted octanol–water partition coefficient (Wildman–Crippen LogP) is 3.82. The number of hydrogen-bond donors (Lipinski definition) is 0. The minimum atomic E-state index is 0.396. The van der Waals surface area contributed by atoms with E-state index >= 15 is 0 Å². The highest BCUT2D eigenvalue weighted by molar-refractivity contribution is 9.10. The second-order valence-electron chi connectivity index (χ2n) is 5.24. The quantitative estimate of drug-likeness (QED) is 0.814. The van der Waals surface area contributed by atoms with Crippen LogP contribution in [0.4, 0.5) is 0 Å². The molecule has 0 N–H and O–H groups in total. The van der Waals surface area contributed by atoms with Crippen LogP contribution in [0.1, 0.15) is 31.2 Å². The van der Waals surface area contributed by atoms with Gasteiger partial charge in [0.15, 0.2) is 0 Å². The van der Waals surface area contributed by atoms with E-state index in [9.17, 15) is 0 Å². The van der Waals surface area contributed by atoms with E-state index in [0.29, 0.717) is 5.41 Å². The fraction of sp³-hybridized carbons (Fsp3) is 0.571. The number of likely N-dealkylation sites (N-methyl/N-ethyl adjacent to an activating group) is 1. The van der Waals surface area contributed by atoms with E-state index < -0.39 is 0 Å². The zero-order chi connectivity index (χ0) is 11.6. The molecular weight excluding hydrogens is 262 g/mol. The lowest BCUT2D eigenvalue weighted by Gasteiger charge is -2.33. The summed E-state index contributed by atoms with van der Waals surface area (Å²) in [7, 11) is 4.36. The van der Waals surface area contributed by atoms with E-state index in [1.165, 1.54) is 42.3 Å². The summed E-state index contributed by atoms with van der Waals surface area (Å²) in [5.41, 5.74) is 1.90. The maximum Gasteiger partial charge on any atom is 0.0178 e. The summed E-state index contributed by atoms with van der Waals surface area (Å²) < 4.78 is 1.20. The topological polar surface area (TPSA) is 3.24 Å². The minimum Gasteiger partial charge on any atom is -0.309 e. The predicted molar refractivity (Wildman–Crippen MR) is 72.8 cm³/mol. The van der Waals surface area contributed by atoms with E-state index in [4.69, 9.17) is 0 Å². The molecule has 0 atom stereocenters. The number of benzene rings is 1. The van der Waals surface area contributed by atoms with Crippen LogP contribution in [-0.4, -0.2) is 25.5 Å². The fourth-order valence-electron chi connectivity index (χ4n) is 3.01. The van der Waals surface area contributed by atoms with Gasteiger partial charge >= 0.3 is 0 Å². The van der Waals surface area contributed by atoms with Gasteiger partial charge in [-0.25, -0.2) is 0 Å². The fourth-order valence-corrected chi connectivity index (χ4v) is 3.41. The third-order valence-corrected chi connectivity index (χ3v) is 4.11. The Morgan fingerprint density at radius 1 is 1.25 bits per heavy atom. The molecule has 0 bridgehead atoms. The third kappa shape index (κ3) is 2.49. The van der Waals surface area contributed by atoms with Crippen LogP contribution in [0, 0.1) is 0 Å². The van der Waals surface area contributed by atoms with E-state index in [2.05, 4.69) is 59.2 Å². The Hall–Kier alpha value is -0.340. The normalized spacial score (nSPS) is 19.2. The van der Waals surface area contributed by atoms with Crippen LogP contribution >= 0.6 is 15.9 Å². The Balaban J connectivity index is 2.31. The zero-order valence-electron chi connectivity index (χ0n) is 10.2. The lowest BCUT2D eigenvalue weighted by atomic mass is 9.78. The van der Waals surface area contributed by atoms with Gasteiger partial charge in [0.25, 0.3) is 0 Å². The molecule has 0 radical (unpaired) electrons. The summed E-state index contributed by atoms with van der Waals surface area (Å²) >= 11 is 3.59. The van der Waals surface area contributed by atoms with Gasteiger partial charge < -0.3 is 4.90 Å². The first kappa shape index (κ1) is 12.1. The van der Waals surface area contributed by atoms with Crippen LogP contribution < -0.4 is 0 Å². The van der Waals surface area contributed by atoms with Crippen molar-refractivity contribution in [2.75, 3.05) is 20.6 Å². The van der Waals surface area contributed by atoms with Crippen LogP contribution in [-0.2, 0) is 5.41 Å². The Bertz CT molecular complexity index is 354. The maximum atomic E-state index is 3.59. The smallest absolute Gasteiger partial charge is 0.0178 e. The van der Waals surface area contributed by atoms with Gasteiger partial charge in [-0.15, -0.1) is 0 Å². The van der Waals surface area contributed by atoms with Crippen LogP contribution in [0.2, 0.25) is 0 Å². The molecular formula is C14H20BrN. The number of rotatable bonds is 3. The van der Waals surface area contributed by atoms with Crippen molar-refractivity contribution in [2.24, 2.45) is 0 Å². The number of nitrogens with zero attached hydrogens (tertiary/aromatic N) is 1. The van der Waals surface area contributed by atoms with Crippen LogP contribution in [0.15, 0.2) is 28.7 Å². The van der Waals surface area contributed by atoms with Gasteiger partial charge in [-0.3, -0.25) is 0 Å². The molecule has 1 aliphatic rings. The second-order valence-corrected chi connectivity index (χ2v) is 6.15. The molecule has 1 aliphatic carbocycles. The van der Waals surface area contributed by atoms with Crippen molar-refractivity contribution in [1.82, 2.24) is 4.90 Å². The first-order valence-electron chi connectivity index (χ1n) is 6.03. The molecule has 1 aromatic carbocycles. The molecule has 0 aromatic heterocycles. The second kappa shape index (κ2) is 4.89. The monoisotopic (exact) mass is 281 g/mol. The lowest BCUT2D eigenvalue weighted by Crippen LogP contribution is -2.35. The Morgan fingerprint density at radius 2 is 1.94 bits per heavy atom. The lowest BCUT2D eigenvalue weighted by molar-refractivity contribution is 0.284. The summed E-state index contributed by atoms with van der Waals surface area (Å²) in [5.74, 6) is 0. The molecule has 0 unspecified atom stereocenters. The van der Waals surface area contributed by atoms with Gasteiger partial charge in [-0.1, -0.05) is 40.9 Å². The van der Waals surface area contributed by atoms with Crippen molar-refractivity contribution in [3.8, 4) is 0 Å². The van der Waals surface area contributed by atoms with Gasteiger partial charge in [0, 0.05) is 16.4 Å². The highest BCUT2D eigenvalue weighted by Crippen LogP contribution is 2.42. The average molecular weight is 282 g/mol. The average Bonchev–Trinajstić information content (AvgIpc) is 2.66. The van der Waals surface area contributed by atoms with Crippen molar-refractivity contribution in [2.45, 2.75) is 31.1 Å². The first-order chi connectivity index (χ1) is 7.62. The van der Waals surface area contributed by atoms with E-state index in [0.717, 1.165) is 0 Å². The first-order valence-corrected chi connectivity index (χ1v) is 6.82. The van der Waals surface area contributed by atoms with Crippen LogP contribution in [0.3, 0.4) is 0 Å². The summed E-state index contributed by atoms with van der Waals surface area (Å²) in [6.07, 6.45) is 5.42. The van der Waals surface area contributed by atoms with E-state index in [1.807, 2.05) is 0 Å². The molecule has 0 amide bonds. The summed E-state index contributed by atoms with van der Waals surface area (Å²) in [6, 6.07) is 8.87. The summed E-state index contributed by atoms with van der Waals surface area (Å²) in [5, 5.41) is 0. The highest BCUT2D eigenvalue weighted by atomic mass is 79.9. The van der Waals surface area contributed by atoms with Gasteiger partial charge in [-0.05, 0) is 44.6 Å². The molecule has 1 fully saturated rings. The number of hydrogen-bond acceptors (Lipinski definition) is 1. The van der Waals surface area contributed by atoms with Crippen molar-refractivity contribution < 1.29 is 0 Å². The molecule has 0 aliphatic heterocycles. The van der Waals surface area contributed by atoms with Crippen molar-refractivity contribution in [3.05, 3.63) is 34.3 Å². The van der Waals surface area contributed by atoms with E-state index in [1.54, 1.807) is 0 Å². The van der Waals surface area contributed by atoms with Crippen molar-refractivity contribution in [3.63, 3.8) is 0 Å². The van der Waals surface area contributed by atoms with Gasteiger partial charge in [0.1, 0.15) is 0 Å². The van der Waals surface area contributed by atoms with Crippen molar-refractivity contribution >= 4 is 15.9 Å². The maximum absolute atomic E-state index is 3.59. The molecule has 0 saturated heterocycles. The Morgan fingerprint density at radius 3 is 2.50 bits per heavy atom. The van der Waals surface area contributed by atoms with E-state index in [-0.39, 0.29) is 0 Å². The Kier molecular flexibility index (Phi) is 3.70. The van der Waals surface area contributed by atoms with Crippen LogP contribution in [0.5, 0.6) is 0 Å². The van der Waals surface area contributed by atoms with Crippen LogP contribution in [0.25, 0.3) is 0 Å². The molecule has 16 heavy (non-hydrogen) atoms. The highest BCUT2D eigenvalue weighted by Gasteiger charge is 2.35. The number of halogens is 1. The molecule has 2 rings (SSSR count). The molecule has 0 spiro atoms. The van der Waals surface area contributed by atoms with Gasteiger partial charge in [-0.2, -0.15) is 0 Å². The Labute approximate surface area is 107 Å². The molecule has 1 saturated carbocycles. The molecule has 0 heterocycles. The minimum absolute atomic E-state index is 0.396. The SMILES string of the molecule is CN(C)CC1(c2cccc(Br)c2)CCCC1. The zero-order valence-corrected chi connectivity index (χ0v) is 11.8. The largest absolute Gasteiger partial charge is 0.309 e. The molecule has 88 valence electrons. The summed E-state index contributed by atoms with van der Waals surface area (Å²) in [6.45, 7) is 1.17. The molecule has 2 heteroatoms.